The van der Waals surface area contributed by atoms with Crippen LogP contribution in [-0.4, -0.2) is 40.5 Å². The number of allylic oxidation sites excluding steroid dienone is 1. The van der Waals surface area contributed by atoms with Crippen molar-refractivity contribution in [2.45, 2.75) is 13.1 Å². The Bertz CT molecular complexity index is 1160. The summed E-state index contributed by atoms with van der Waals surface area (Å²) in [5.41, 5.74) is -1.85. The van der Waals surface area contributed by atoms with Gasteiger partial charge in [-0.1, -0.05) is 23.3 Å². The van der Waals surface area contributed by atoms with Crippen LogP contribution in [0, 0.1) is 5.82 Å². The first-order valence-corrected chi connectivity index (χ1v) is 8.01. The molecule has 0 aliphatic carbocycles. The van der Waals surface area contributed by atoms with Crippen LogP contribution in [0.15, 0.2) is 46.5 Å². The molecule has 1 N–H and O–H groups in total. The molecule has 0 saturated carbocycles. The van der Waals surface area contributed by atoms with Gasteiger partial charge in [0.05, 0.1) is 13.1 Å². The number of tetrazole rings is 1. The topological polar surface area (TPSA) is 130 Å². The lowest BCUT2D eigenvalue weighted by Crippen LogP contribution is -2.45. The number of carbonyl (C=O) groups excluding carboxylic acids is 1. The number of nitrogens with one attached hydrogen (secondary N) is 1. The number of rotatable bonds is 6. The number of carbonyl (C=O) groups is 1. The van der Waals surface area contributed by atoms with E-state index in [0.717, 1.165) is 9.25 Å². The van der Waals surface area contributed by atoms with E-state index < -0.39 is 28.7 Å². The molecule has 0 spiro atoms. The molecule has 0 saturated heterocycles. The Kier molecular flexibility index (Phi) is 5.20. The molecule has 1 aromatic carbocycles. The number of nitrogens with zero attached hydrogens (tertiary/aromatic N) is 7. The molecule has 0 bridgehead atoms. The van der Waals surface area contributed by atoms with E-state index in [1.54, 1.807) is 6.07 Å². The van der Waals surface area contributed by atoms with Gasteiger partial charge < -0.3 is 0 Å². The SMILES string of the molecule is C=CCn1nc(C(=O)Nc2nnnn2C)c(=O)n(Cc2cccc(F)c2)c1=O. The molecule has 3 aromatic rings. The first-order chi connectivity index (χ1) is 13.4. The number of anilines is 1. The highest BCUT2D eigenvalue weighted by atomic mass is 19.1. The molecule has 28 heavy (non-hydrogen) atoms. The fraction of sp³-hybridized carbons (Fsp3) is 0.188. The predicted molar refractivity (Wildman–Crippen MR) is 95.2 cm³/mol. The Morgan fingerprint density at radius 3 is 2.79 bits per heavy atom. The average Bonchev–Trinajstić information content (AvgIpc) is 3.05. The van der Waals surface area contributed by atoms with Gasteiger partial charge in [0.25, 0.3) is 11.5 Å². The third-order valence-corrected chi connectivity index (χ3v) is 3.71. The zero-order valence-electron chi connectivity index (χ0n) is 14.7. The van der Waals surface area contributed by atoms with Gasteiger partial charge in [0.1, 0.15) is 5.82 Å². The van der Waals surface area contributed by atoms with E-state index in [2.05, 4.69) is 32.5 Å². The van der Waals surface area contributed by atoms with Crippen molar-refractivity contribution in [1.29, 1.82) is 0 Å². The summed E-state index contributed by atoms with van der Waals surface area (Å²) in [6, 6.07) is 5.43. The monoisotopic (exact) mass is 386 g/mol. The quantitative estimate of drug-likeness (QED) is 0.568. The lowest BCUT2D eigenvalue weighted by atomic mass is 10.2. The van der Waals surface area contributed by atoms with Crippen molar-refractivity contribution in [1.82, 2.24) is 34.6 Å². The standard InChI is InChI=1S/C16H15FN8O3/c1-3-7-25-16(28)24(9-10-5-4-6-11(17)8-10)14(27)12(20-25)13(26)18-15-19-21-22-23(15)2/h3-6,8H,1,7,9H2,2H3,(H,18,19,22,26). The number of aryl methyl sites for hydroxylation is 1. The molecule has 0 radical (unpaired) electrons. The minimum absolute atomic E-state index is 0.00986. The van der Waals surface area contributed by atoms with Crippen LogP contribution < -0.4 is 16.6 Å². The van der Waals surface area contributed by atoms with Gasteiger partial charge in [-0.3, -0.25) is 19.5 Å². The maximum Gasteiger partial charge on any atom is 0.348 e. The van der Waals surface area contributed by atoms with E-state index in [4.69, 9.17) is 0 Å². The van der Waals surface area contributed by atoms with Crippen molar-refractivity contribution < 1.29 is 9.18 Å². The van der Waals surface area contributed by atoms with E-state index in [9.17, 15) is 18.8 Å². The van der Waals surface area contributed by atoms with E-state index in [1.807, 2.05) is 0 Å². The van der Waals surface area contributed by atoms with Crippen LogP contribution in [0.5, 0.6) is 0 Å². The molecular formula is C16H15FN8O3. The minimum atomic E-state index is -0.929. The third kappa shape index (κ3) is 3.75. The van der Waals surface area contributed by atoms with Crippen molar-refractivity contribution in [2.75, 3.05) is 5.32 Å². The van der Waals surface area contributed by atoms with Gasteiger partial charge in [0.15, 0.2) is 0 Å². The second-order valence-electron chi connectivity index (χ2n) is 5.70. The summed E-state index contributed by atoms with van der Waals surface area (Å²) >= 11 is 0. The maximum atomic E-state index is 13.4. The number of aromatic nitrogens is 7. The summed E-state index contributed by atoms with van der Waals surface area (Å²) in [5, 5.41) is 16.7. The molecule has 3 rings (SSSR count). The number of amides is 1. The molecule has 144 valence electrons. The summed E-state index contributed by atoms with van der Waals surface area (Å²) in [6.45, 7) is 3.26. The molecule has 0 fully saturated rings. The van der Waals surface area contributed by atoms with Crippen LogP contribution in [0.1, 0.15) is 16.1 Å². The normalized spacial score (nSPS) is 10.6. The predicted octanol–water partition coefficient (Wildman–Crippen LogP) is -0.446. The molecule has 0 aliphatic heterocycles. The van der Waals surface area contributed by atoms with Gasteiger partial charge >= 0.3 is 5.69 Å². The summed E-state index contributed by atoms with van der Waals surface area (Å²) in [6.07, 6.45) is 1.39. The largest absolute Gasteiger partial charge is 0.348 e. The lowest BCUT2D eigenvalue weighted by molar-refractivity contribution is 0.101. The van der Waals surface area contributed by atoms with Crippen LogP contribution in [0.4, 0.5) is 10.3 Å². The van der Waals surface area contributed by atoms with Crippen molar-refractivity contribution >= 4 is 11.9 Å². The van der Waals surface area contributed by atoms with Crippen LogP contribution in [-0.2, 0) is 20.1 Å². The Balaban J connectivity index is 2.07. The zero-order chi connectivity index (χ0) is 20.3. The first-order valence-electron chi connectivity index (χ1n) is 8.01. The average molecular weight is 386 g/mol. The van der Waals surface area contributed by atoms with Gasteiger partial charge in [-0.15, -0.1) is 6.58 Å². The number of hydrogen-bond acceptors (Lipinski definition) is 7. The fourth-order valence-corrected chi connectivity index (χ4v) is 2.40. The summed E-state index contributed by atoms with van der Waals surface area (Å²) in [7, 11) is 1.49. The fourth-order valence-electron chi connectivity index (χ4n) is 2.40. The molecule has 12 heteroatoms. The highest BCUT2D eigenvalue weighted by molar-refractivity contribution is 6.01. The Morgan fingerprint density at radius 1 is 1.36 bits per heavy atom. The van der Waals surface area contributed by atoms with E-state index >= 15 is 0 Å². The molecular weight excluding hydrogens is 371 g/mol. The van der Waals surface area contributed by atoms with E-state index in [1.165, 1.54) is 36.0 Å². The summed E-state index contributed by atoms with van der Waals surface area (Å²) in [4.78, 5) is 37.8. The Hall–Kier alpha value is -3.96. The molecule has 0 atom stereocenters. The van der Waals surface area contributed by atoms with Crippen molar-refractivity contribution in [3.05, 3.63) is 74.8 Å². The minimum Gasteiger partial charge on any atom is -0.288 e. The van der Waals surface area contributed by atoms with Crippen LogP contribution in [0.3, 0.4) is 0 Å². The highest BCUT2D eigenvalue weighted by Crippen LogP contribution is 2.04. The number of benzene rings is 1. The second-order valence-corrected chi connectivity index (χ2v) is 5.70. The smallest absolute Gasteiger partial charge is 0.288 e. The molecule has 0 aliphatic rings. The van der Waals surface area contributed by atoms with E-state index in [-0.39, 0.29) is 19.0 Å². The van der Waals surface area contributed by atoms with Crippen molar-refractivity contribution in [3.63, 3.8) is 0 Å². The van der Waals surface area contributed by atoms with E-state index in [0.29, 0.717) is 5.56 Å². The summed E-state index contributed by atoms with van der Waals surface area (Å²) < 4.78 is 16.3. The van der Waals surface area contributed by atoms with Crippen LogP contribution >= 0.6 is 0 Å². The van der Waals surface area contributed by atoms with Crippen molar-refractivity contribution in [2.24, 2.45) is 7.05 Å². The molecule has 11 nitrogen and oxygen atoms in total. The highest BCUT2D eigenvalue weighted by Gasteiger charge is 2.21. The molecule has 2 aromatic heterocycles. The Labute approximate surface area is 156 Å². The van der Waals surface area contributed by atoms with Gasteiger partial charge in [0, 0.05) is 7.05 Å². The van der Waals surface area contributed by atoms with Crippen molar-refractivity contribution in [3.8, 4) is 0 Å². The zero-order valence-corrected chi connectivity index (χ0v) is 14.7. The van der Waals surface area contributed by atoms with Gasteiger partial charge in [-0.25, -0.2) is 18.5 Å². The molecule has 1 amide bonds. The Morgan fingerprint density at radius 2 is 2.14 bits per heavy atom. The van der Waals surface area contributed by atoms with Gasteiger partial charge in [-0.05, 0) is 28.1 Å². The van der Waals surface area contributed by atoms with Gasteiger partial charge in [-0.2, -0.15) is 5.10 Å². The van der Waals surface area contributed by atoms with Crippen LogP contribution in [0.2, 0.25) is 0 Å². The third-order valence-electron chi connectivity index (χ3n) is 3.71. The van der Waals surface area contributed by atoms with Gasteiger partial charge in [0.2, 0.25) is 11.6 Å². The molecule has 0 unspecified atom stereocenters. The number of halogens is 1. The number of hydrogen-bond donors (Lipinski definition) is 1. The van der Waals surface area contributed by atoms with Crippen LogP contribution in [0.25, 0.3) is 0 Å². The summed E-state index contributed by atoms with van der Waals surface area (Å²) in [5.74, 6) is -1.42. The second kappa shape index (κ2) is 7.73. The maximum absolute atomic E-state index is 13.4. The lowest BCUT2D eigenvalue weighted by Gasteiger charge is -2.11. The first kappa shape index (κ1) is 18.8. The molecule has 2 heterocycles.